The zero-order valence-corrected chi connectivity index (χ0v) is 21.9. The fourth-order valence-corrected chi connectivity index (χ4v) is 6.17. The van der Waals surface area contributed by atoms with Crippen molar-refractivity contribution in [2.45, 2.75) is 87.8 Å². The Morgan fingerprint density at radius 1 is 0.949 bits per heavy atom. The van der Waals surface area contributed by atoms with Crippen LogP contribution in [0.3, 0.4) is 0 Å². The van der Waals surface area contributed by atoms with Crippen LogP contribution in [-0.2, 0) is 18.4 Å². The average molecular weight is 548 g/mol. The lowest BCUT2D eigenvalue weighted by Gasteiger charge is -2.33. The van der Waals surface area contributed by atoms with Gasteiger partial charge in [0.25, 0.3) is 0 Å². The maximum absolute atomic E-state index is 15.5. The molecule has 0 bridgehead atoms. The molecule has 0 N–H and O–H groups in total. The van der Waals surface area contributed by atoms with Crippen molar-refractivity contribution in [3.8, 4) is 5.75 Å². The number of benzene rings is 1. The number of nitrogens with zero attached hydrogens (tertiary/aromatic N) is 7. The Bertz CT molecular complexity index is 1290. The van der Waals surface area contributed by atoms with E-state index in [1.807, 2.05) is 11.7 Å². The number of hydrogen-bond acceptors (Lipinski definition) is 6. The number of ether oxygens (including phenoxy) is 1. The summed E-state index contributed by atoms with van der Waals surface area (Å²) in [5, 5.41) is 17.5. The molecule has 4 heterocycles. The summed E-state index contributed by atoms with van der Waals surface area (Å²) < 4.78 is 64.8. The van der Waals surface area contributed by atoms with E-state index in [0.29, 0.717) is 43.9 Å². The van der Waals surface area contributed by atoms with Crippen molar-refractivity contribution in [1.29, 1.82) is 0 Å². The van der Waals surface area contributed by atoms with Crippen LogP contribution in [0.5, 0.6) is 5.75 Å². The first-order valence-electron chi connectivity index (χ1n) is 13.8. The summed E-state index contributed by atoms with van der Waals surface area (Å²) in [6.45, 7) is 2.19. The van der Waals surface area contributed by atoms with E-state index in [1.54, 1.807) is 12.3 Å². The summed E-state index contributed by atoms with van der Waals surface area (Å²) in [7, 11) is 2.00. The Morgan fingerprint density at radius 2 is 1.69 bits per heavy atom. The van der Waals surface area contributed by atoms with E-state index in [4.69, 9.17) is 4.74 Å². The molecule has 2 aliphatic heterocycles. The van der Waals surface area contributed by atoms with Gasteiger partial charge in [0, 0.05) is 38.4 Å². The molecule has 1 aliphatic carbocycles. The molecule has 8 nitrogen and oxygen atoms in total. The van der Waals surface area contributed by atoms with Crippen LogP contribution in [0, 0.1) is 0 Å². The minimum Gasteiger partial charge on any atom is -0.482 e. The Labute approximate surface area is 224 Å². The largest absolute Gasteiger partial charge is 0.482 e. The van der Waals surface area contributed by atoms with Gasteiger partial charge >= 0.3 is 6.18 Å². The molecule has 0 radical (unpaired) electrons. The minimum absolute atomic E-state index is 0.165. The van der Waals surface area contributed by atoms with Crippen LogP contribution in [0.15, 0.2) is 30.5 Å². The summed E-state index contributed by atoms with van der Waals surface area (Å²) >= 11 is 0. The van der Waals surface area contributed by atoms with Gasteiger partial charge in [0.05, 0.1) is 17.8 Å². The fourth-order valence-electron chi connectivity index (χ4n) is 6.17. The second kappa shape index (κ2) is 10.2. The molecule has 1 saturated carbocycles. The van der Waals surface area contributed by atoms with E-state index in [-0.39, 0.29) is 17.7 Å². The third kappa shape index (κ3) is 5.27. The molecule has 1 unspecified atom stereocenters. The number of hydrogen-bond donors (Lipinski definition) is 0. The van der Waals surface area contributed by atoms with Gasteiger partial charge in [0.1, 0.15) is 17.3 Å². The third-order valence-electron chi connectivity index (χ3n) is 8.57. The summed E-state index contributed by atoms with van der Waals surface area (Å²) in [4.78, 5) is 2.13. The quantitative estimate of drug-likeness (QED) is 0.388. The maximum atomic E-state index is 15.5. The first kappa shape index (κ1) is 26.2. The number of fused-ring (bicyclic) bond motifs is 1. The van der Waals surface area contributed by atoms with Crippen LogP contribution in [0.1, 0.15) is 92.3 Å². The first-order valence-corrected chi connectivity index (χ1v) is 13.8. The predicted molar refractivity (Wildman–Crippen MR) is 134 cm³/mol. The van der Waals surface area contributed by atoms with Crippen LogP contribution in [0.25, 0.3) is 0 Å². The molecule has 3 aliphatic rings. The van der Waals surface area contributed by atoms with Crippen molar-refractivity contribution in [3.05, 3.63) is 53.4 Å². The number of alkyl halides is 4. The lowest BCUT2D eigenvalue weighted by Crippen LogP contribution is -2.38. The zero-order valence-electron chi connectivity index (χ0n) is 21.9. The van der Waals surface area contributed by atoms with Gasteiger partial charge in [-0.05, 0) is 63.8 Å². The van der Waals surface area contributed by atoms with Gasteiger partial charge < -0.3 is 14.2 Å². The van der Waals surface area contributed by atoms with Crippen molar-refractivity contribution in [3.63, 3.8) is 0 Å². The van der Waals surface area contributed by atoms with E-state index >= 15 is 4.39 Å². The van der Waals surface area contributed by atoms with Gasteiger partial charge in [0.15, 0.2) is 17.6 Å². The van der Waals surface area contributed by atoms with E-state index in [9.17, 15) is 13.2 Å². The fraction of sp³-hybridized carbons (Fsp3) is 0.630. The molecule has 39 heavy (non-hydrogen) atoms. The molecule has 0 amide bonds. The molecule has 6 rings (SSSR count). The minimum atomic E-state index is -4.42. The molecule has 2 aromatic heterocycles. The Balaban J connectivity index is 1.11. The normalized spacial score (nSPS) is 25.8. The van der Waals surface area contributed by atoms with Crippen LogP contribution >= 0.6 is 0 Å². The van der Waals surface area contributed by atoms with Gasteiger partial charge in [-0.15, -0.1) is 15.3 Å². The van der Waals surface area contributed by atoms with Crippen LogP contribution in [0.4, 0.5) is 17.6 Å². The molecule has 12 heteroatoms. The Morgan fingerprint density at radius 3 is 2.44 bits per heavy atom. The highest BCUT2D eigenvalue weighted by atomic mass is 19.4. The van der Waals surface area contributed by atoms with Gasteiger partial charge in [-0.25, -0.2) is 9.07 Å². The number of aromatic nitrogens is 6. The molecule has 1 atom stereocenters. The summed E-state index contributed by atoms with van der Waals surface area (Å²) in [5.41, 5.74) is -1.70. The van der Waals surface area contributed by atoms with Crippen LogP contribution in [-0.4, -0.2) is 54.8 Å². The predicted octanol–water partition coefficient (Wildman–Crippen LogP) is 5.59. The van der Waals surface area contributed by atoms with E-state index in [1.165, 1.54) is 6.07 Å². The molecule has 1 saturated heterocycles. The Kier molecular flexibility index (Phi) is 6.84. The highest BCUT2D eigenvalue weighted by molar-refractivity contribution is 5.31. The number of rotatable bonds is 5. The summed E-state index contributed by atoms with van der Waals surface area (Å²) in [6.07, 6.45) is 2.84. The van der Waals surface area contributed by atoms with Gasteiger partial charge in [-0.3, -0.25) is 0 Å². The monoisotopic (exact) mass is 547 g/mol. The summed E-state index contributed by atoms with van der Waals surface area (Å²) in [6, 6.07) is 5.13. The summed E-state index contributed by atoms with van der Waals surface area (Å²) in [5.74, 6) is 1.98. The Hall–Kier alpha value is -3.02. The topological polar surface area (TPSA) is 73.9 Å². The van der Waals surface area contributed by atoms with E-state index < -0.39 is 23.5 Å². The SMILES string of the molecule is CN1CCC(F)(c2cn([C@H]3CC[C@H](c4nnc5n4CCCC5Oc4cccc(C(F)(F)F)c4)CC3)nn2)CC1. The van der Waals surface area contributed by atoms with Crippen molar-refractivity contribution in [2.75, 3.05) is 20.1 Å². The van der Waals surface area contributed by atoms with Crippen molar-refractivity contribution >= 4 is 0 Å². The second-order valence-corrected chi connectivity index (χ2v) is 11.2. The molecule has 2 fully saturated rings. The maximum Gasteiger partial charge on any atom is 0.416 e. The molecular weight excluding hydrogens is 514 g/mol. The van der Waals surface area contributed by atoms with Crippen molar-refractivity contribution < 1.29 is 22.3 Å². The average Bonchev–Trinajstić information content (AvgIpc) is 3.60. The molecular formula is C27H33F4N7O. The van der Waals surface area contributed by atoms with E-state index in [0.717, 1.165) is 56.6 Å². The molecule has 1 aromatic carbocycles. The zero-order chi connectivity index (χ0) is 27.2. The third-order valence-corrected chi connectivity index (χ3v) is 8.57. The molecule has 0 spiro atoms. The highest BCUT2D eigenvalue weighted by Gasteiger charge is 2.39. The van der Waals surface area contributed by atoms with Crippen molar-refractivity contribution in [2.24, 2.45) is 0 Å². The van der Waals surface area contributed by atoms with Gasteiger partial charge in [-0.1, -0.05) is 11.3 Å². The standard InChI is InChI=1S/C27H33F4N7O/c1-36-14-11-26(28,12-15-36)23-17-38(35-32-23)20-9-7-18(8-10-20)24-33-34-25-22(6-3-13-37(24)25)39-21-5-2-4-19(16-21)27(29,30)31/h2,4-5,16-18,20,22H,3,6-15H2,1H3/t18-,20-,22?. The second-order valence-electron chi connectivity index (χ2n) is 11.2. The van der Waals surface area contributed by atoms with Crippen molar-refractivity contribution in [1.82, 2.24) is 34.7 Å². The highest BCUT2D eigenvalue weighted by Crippen LogP contribution is 2.41. The number of halogens is 4. The van der Waals surface area contributed by atoms with Crippen LogP contribution < -0.4 is 4.74 Å². The van der Waals surface area contributed by atoms with E-state index in [2.05, 4.69) is 30.0 Å². The lowest BCUT2D eigenvalue weighted by molar-refractivity contribution is -0.137. The lowest BCUT2D eigenvalue weighted by atomic mass is 9.85. The first-order chi connectivity index (χ1) is 18.7. The molecule has 210 valence electrons. The smallest absolute Gasteiger partial charge is 0.416 e. The van der Waals surface area contributed by atoms with Crippen LogP contribution in [0.2, 0.25) is 0 Å². The van der Waals surface area contributed by atoms with Gasteiger partial charge in [-0.2, -0.15) is 13.2 Å². The van der Waals surface area contributed by atoms with Gasteiger partial charge in [0.2, 0.25) is 0 Å². The number of piperidine rings is 1. The molecule has 3 aromatic rings. The number of likely N-dealkylation sites (tertiary alicyclic amines) is 1.